The van der Waals surface area contributed by atoms with Crippen LogP contribution in [0.1, 0.15) is 0 Å². The Labute approximate surface area is 149 Å². The molecule has 0 aromatic heterocycles. The molecule has 0 bridgehead atoms. The van der Waals surface area contributed by atoms with E-state index in [1.807, 2.05) is 7.05 Å². The lowest BCUT2D eigenvalue weighted by Crippen LogP contribution is -3.12. The number of nitrogens with one attached hydrogen (secondary N) is 1. The van der Waals surface area contributed by atoms with Crippen LogP contribution in [0.4, 0.5) is 18.9 Å². The Kier molecular flexibility index (Phi) is 6.18. The molecule has 8 nitrogen and oxygen atoms in total. The number of nitro groups is 1. The number of alkyl halides is 3. The highest BCUT2D eigenvalue weighted by Gasteiger charge is 2.39. The van der Waals surface area contributed by atoms with Gasteiger partial charge >= 0.3 is 11.2 Å². The van der Waals surface area contributed by atoms with Crippen molar-refractivity contribution in [3.8, 4) is 5.75 Å². The Morgan fingerprint density at radius 1 is 1.38 bits per heavy atom. The highest BCUT2D eigenvalue weighted by molar-refractivity contribution is 7.86. The summed E-state index contributed by atoms with van der Waals surface area (Å²) in [5.74, 6) is -0.722. The normalized spacial score (nSPS) is 17.0. The quantitative estimate of drug-likeness (QED) is 0.557. The van der Waals surface area contributed by atoms with E-state index in [0.29, 0.717) is 19.2 Å². The van der Waals surface area contributed by atoms with Crippen molar-refractivity contribution in [1.29, 1.82) is 0 Å². The monoisotopic (exact) mass is 396 g/mol. The summed E-state index contributed by atoms with van der Waals surface area (Å²) in [5.41, 5.74) is -5.81. The molecular formula is C14H17F3N3O5S+. The molecule has 1 aromatic rings. The summed E-state index contributed by atoms with van der Waals surface area (Å²) >= 11 is 0. The van der Waals surface area contributed by atoms with Crippen LogP contribution in [0, 0.1) is 10.1 Å². The molecule has 1 N–H and O–H groups in total. The molecule has 1 aliphatic heterocycles. The van der Waals surface area contributed by atoms with Gasteiger partial charge in [-0.25, -0.2) is 4.21 Å². The van der Waals surface area contributed by atoms with Gasteiger partial charge in [-0.2, -0.15) is 13.2 Å². The average molecular weight is 396 g/mol. The zero-order chi connectivity index (χ0) is 19.5. The Balaban J connectivity index is 2.10. The summed E-state index contributed by atoms with van der Waals surface area (Å²) in [6.45, 7) is 2.12. The first kappa shape index (κ1) is 20.1. The van der Waals surface area contributed by atoms with E-state index in [-0.39, 0.29) is 11.7 Å². The highest BCUT2D eigenvalue weighted by Crippen LogP contribution is 2.33. The van der Waals surface area contributed by atoms with Crippen LogP contribution in [0.2, 0.25) is 0 Å². The minimum absolute atomic E-state index is 0.356. The number of carbonyl (C=O) groups excluding carboxylic acids is 1. The third-order valence-corrected chi connectivity index (χ3v) is 4.97. The third kappa shape index (κ3) is 4.91. The van der Waals surface area contributed by atoms with Crippen molar-refractivity contribution in [2.24, 2.45) is 0 Å². The molecule has 0 radical (unpaired) electrons. The zero-order valence-corrected chi connectivity index (χ0v) is 14.6. The smallest absolute Gasteiger partial charge is 0.475 e. The highest BCUT2D eigenvalue weighted by atomic mass is 32.2. The van der Waals surface area contributed by atoms with Crippen LogP contribution >= 0.6 is 0 Å². The van der Waals surface area contributed by atoms with E-state index >= 15 is 0 Å². The fraction of sp³-hybridized carbons (Fsp3) is 0.500. The number of hydrogen-bond acceptors (Lipinski definition) is 5. The Bertz CT molecular complexity index is 720. The second-order valence-corrected chi connectivity index (χ2v) is 7.20. The van der Waals surface area contributed by atoms with Gasteiger partial charge in [-0.15, -0.1) is 0 Å². The lowest BCUT2D eigenvalue weighted by atomic mass is 10.3. The molecular weight excluding hydrogens is 379 g/mol. The van der Waals surface area contributed by atoms with Crippen LogP contribution < -0.4 is 9.64 Å². The Morgan fingerprint density at radius 3 is 2.54 bits per heavy atom. The molecule has 1 heterocycles. The van der Waals surface area contributed by atoms with Crippen LogP contribution in [-0.2, 0) is 15.6 Å². The SMILES string of the molecule is C[NH+]1CCN(C(=O)COc2ccc([S@](=O)C(F)(F)F)cc2[N+](=O)[O-])CC1. The van der Waals surface area contributed by atoms with Crippen molar-refractivity contribution >= 4 is 22.4 Å². The molecule has 2 rings (SSSR count). The van der Waals surface area contributed by atoms with Gasteiger partial charge in [0.1, 0.15) is 0 Å². The number of quaternary nitrogens is 1. The number of nitro benzene ring substituents is 1. The molecule has 26 heavy (non-hydrogen) atoms. The summed E-state index contributed by atoms with van der Waals surface area (Å²) in [4.78, 5) is 24.3. The van der Waals surface area contributed by atoms with Crippen LogP contribution in [0.15, 0.2) is 23.1 Å². The first-order chi connectivity index (χ1) is 12.1. The van der Waals surface area contributed by atoms with E-state index in [0.717, 1.165) is 25.2 Å². The standard InChI is InChI=1S/C14H16F3N3O5S/c1-18-4-6-19(7-5-18)13(21)9-25-12-3-2-10(8-11(12)20(22)23)26(24)14(15,16)17/h2-3,8H,4-7,9H2,1H3/p+1/t26-/m0/s1. The number of ether oxygens (including phenoxy) is 1. The number of likely N-dealkylation sites (N-methyl/N-ethyl adjacent to an activating group) is 1. The molecule has 1 atom stereocenters. The van der Waals surface area contributed by atoms with Crippen molar-refractivity contribution < 1.29 is 36.7 Å². The summed E-state index contributed by atoms with van der Waals surface area (Å²) in [6.07, 6.45) is 0. The van der Waals surface area contributed by atoms with Crippen molar-refractivity contribution in [3.05, 3.63) is 28.3 Å². The van der Waals surface area contributed by atoms with Gasteiger partial charge in [0.25, 0.3) is 5.91 Å². The van der Waals surface area contributed by atoms with Crippen LogP contribution in [0.5, 0.6) is 5.75 Å². The van der Waals surface area contributed by atoms with E-state index in [1.54, 1.807) is 4.90 Å². The average Bonchev–Trinajstić information content (AvgIpc) is 2.58. The lowest BCUT2D eigenvalue weighted by molar-refractivity contribution is -0.883. The molecule has 0 aliphatic carbocycles. The van der Waals surface area contributed by atoms with E-state index in [4.69, 9.17) is 4.74 Å². The summed E-state index contributed by atoms with van der Waals surface area (Å²) in [6, 6.07) is 2.29. The van der Waals surface area contributed by atoms with Gasteiger partial charge in [0.15, 0.2) is 23.2 Å². The molecule has 1 aliphatic rings. The number of amides is 1. The topological polar surface area (TPSA) is 94.2 Å². The summed E-state index contributed by atoms with van der Waals surface area (Å²) in [5, 5.41) is 11.1. The maximum Gasteiger partial charge on any atom is 0.475 e. The number of nitrogens with zero attached hydrogens (tertiary/aromatic N) is 2. The van der Waals surface area contributed by atoms with Gasteiger partial charge in [-0.3, -0.25) is 14.9 Å². The molecule has 12 heteroatoms. The molecule has 1 fully saturated rings. The van der Waals surface area contributed by atoms with E-state index in [1.165, 1.54) is 4.90 Å². The maximum atomic E-state index is 12.5. The number of benzene rings is 1. The van der Waals surface area contributed by atoms with Gasteiger partial charge in [-0.05, 0) is 12.1 Å². The number of hydrogen-bond donors (Lipinski definition) is 1. The van der Waals surface area contributed by atoms with Crippen LogP contribution in [-0.4, -0.2) is 65.3 Å². The van der Waals surface area contributed by atoms with Crippen molar-refractivity contribution in [2.75, 3.05) is 39.8 Å². The molecule has 144 valence electrons. The number of piperazine rings is 1. The first-order valence-corrected chi connectivity index (χ1v) is 8.73. The fourth-order valence-corrected chi connectivity index (χ4v) is 3.06. The summed E-state index contributed by atoms with van der Waals surface area (Å²) < 4.78 is 54.0. The number of carbonyl (C=O) groups is 1. The van der Waals surface area contributed by atoms with Gasteiger partial charge in [0.2, 0.25) is 0 Å². The van der Waals surface area contributed by atoms with E-state index in [2.05, 4.69) is 0 Å². The molecule has 0 spiro atoms. The predicted molar refractivity (Wildman–Crippen MR) is 84.3 cm³/mol. The Hall–Kier alpha value is -2.21. The second kappa shape index (κ2) is 7.99. The maximum absolute atomic E-state index is 12.5. The third-order valence-electron chi connectivity index (χ3n) is 3.87. The molecule has 0 saturated carbocycles. The predicted octanol–water partition coefficient (Wildman–Crippen LogP) is -0.0421. The minimum Gasteiger partial charge on any atom is -0.477 e. The zero-order valence-electron chi connectivity index (χ0n) is 13.7. The van der Waals surface area contributed by atoms with Gasteiger partial charge in [0.05, 0.1) is 43.0 Å². The fourth-order valence-electron chi connectivity index (χ4n) is 2.38. The van der Waals surface area contributed by atoms with Crippen molar-refractivity contribution in [1.82, 2.24) is 4.90 Å². The summed E-state index contributed by atoms with van der Waals surface area (Å²) in [7, 11) is -1.40. The second-order valence-electron chi connectivity index (χ2n) is 5.73. The molecule has 1 saturated heterocycles. The minimum atomic E-state index is -5.03. The van der Waals surface area contributed by atoms with E-state index < -0.39 is 38.4 Å². The molecule has 0 unspecified atom stereocenters. The van der Waals surface area contributed by atoms with Gasteiger partial charge < -0.3 is 14.5 Å². The van der Waals surface area contributed by atoms with Crippen LogP contribution in [0.3, 0.4) is 0 Å². The van der Waals surface area contributed by atoms with Crippen molar-refractivity contribution in [3.63, 3.8) is 0 Å². The van der Waals surface area contributed by atoms with Gasteiger partial charge in [0, 0.05) is 6.07 Å². The van der Waals surface area contributed by atoms with Crippen molar-refractivity contribution in [2.45, 2.75) is 10.4 Å². The molecule has 1 amide bonds. The van der Waals surface area contributed by atoms with Crippen LogP contribution in [0.25, 0.3) is 0 Å². The molecule has 1 aromatic carbocycles. The largest absolute Gasteiger partial charge is 0.477 e. The Morgan fingerprint density at radius 2 is 2.00 bits per heavy atom. The first-order valence-electron chi connectivity index (χ1n) is 7.58. The number of halogens is 3. The van der Waals surface area contributed by atoms with Gasteiger partial charge in [-0.1, -0.05) is 0 Å². The van der Waals surface area contributed by atoms with E-state index in [9.17, 15) is 32.3 Å². The number of rotatable bonds is 5. The lowest BCUT2D eigenvalue weighted by Gasteiger charge is -2.29.